The van der Waals surface area contributed by atoms with Crippen molar-refractivity contribution >= 4 is 21.7 Å². The van der Waals surface area contributed by atoms with Crippen LogP contribution in [0.1, 0.15) is 16.1 Å². The third kappa shape index (κ3) is 2.25. The molecule has 22 heavy (non-hydrogen) atoms. The number of rotatable bonds is 3. The van der Waals surface area contributed by atoms with Crippen LogP contribution in [0.15, 0.2) is 39.8 Å². The Morgan fingerprint density at radius 3 is 2.82 bits per heavy atom. The monoisotopic (exact) mass is 325 g/mol. The highest BCUT2D eigenvalue weighted by Gasteiger charge is 2.34. The summed E-state index contributed by atoms with van der Waals surface area (Å²) in [5.41, 5.74) is 1.03. The predicted molar refractivity (Wildman–Crippen MR) is 74.7 cm³/mol. The smallest absolute Gasteiger partial charge is 0.374 e. The van der Waals surface area contributed by atoms with Crippen LogP contribution in [-0.2, 0) is 21.2 Å². The number of hydrogen-bond donors (Lipinski definition) is 0. The summed E-state index contributed by atoms with van der Waals surface area (Å²) < 4.78 is 49.2. The molecule has 1 aromatic heterocycles. The van der Waals surface area contributed by atoms with Crippen LogP contribution in [0.4, 0.5) is 10.1 Å². The molecule has 0 N–H and O–H groups in total. The Morgan fingerprint density at radius 1 is 1.32 bits per heavy atom. The first kappa shape index (κ1) is 14.6. The van der Waals surface area contributed by atoms with Gasteiger partial charge in [-0.3, -0.25) is 4.31 Å². The lowest BCUT2D eigenvalue weighted by atomic mass is 10.2. The van der Waals surface area contributed by atoms with Gasteiger partial charge in [0.1, 0.15) is 5.82 Å². The maximum Gasteiger partial charge on any atom is 0.374 e. The lowest BCUT2D eigenvalue weighted by Crippen LogP contribution is -2.28. The molecule has 6 nitrogen and oxygen atoms in total. The number of carbonyl (C=O) groups is 1. The number of fused-ring (bicyclic) bond motifs is 1. The largest absolute Gasteiger partial charge is 0.463 e. The maximum atomic E-state index is 13.4. The summed E-state index contributed by atoms with van der Waals surface area (Å²) in [4.78, 5) is 11.3. The van der Waals surface area contributed by atoms with Crippen LogP contribution in [0.3, 0.4) is 0 Å². The molecule has 0 amide bonds. The normalized spacial score (nSPS) is 14.0. The highest BCUT2D eigenvalue weighted by molar-refractivity contribution is 7.92. The molecule has 0 saturated carbocycles. The van der Waals surface area contributed by atoms with Crippen molar-refractivity contribution in [1.29, 1.82) is 0 Å². The number of anilines is 1. The predicted octanol–water partition coefficient (Wildman–Crippen LogP) is 1.96. The highest BCUT2D eigenvalue weighted by atomic mass is 32.2. The van der Waals surface area contributed by atoms with Gasteiger partial charge in [-0.15, -0.1) is 0 Å². The summed E-state index contributed by atoms with van der Waals surface area (Å²) in [6, 6.07) is 6.42. The molecule has 2 heterocycles. The van der Waals surface area contributed by atoms with Crippen LogP contribution < -0.4 is 4.31 Å². The number of halogens is 1. The van der Waals surface area contributed by atoms with E-state index >= 15 is 0 Å². The van der Waals surface area contributed by atoms with E-state index in [1.54, 1.807) is 6.07 Å². The molecule has 8 heteroatoms. The topological polar surface area (TPSA) is 76.8 Å². The Morgan fingerprint density at radius 2 is 2.09 bits per heavy atom. The van der Waals surface area contributed by atoms with E-state index in [0.29, 0.717) is 6.42 Å². The summed E-state index contributed by atoms with van der Waals surface area (Å²) in [5.74, 6) is -1.50. The molecule has 0 bridgehead atoms. The number of furan rings is 1. The minimum absolute atomic E-state index is 0.190. The van der Waals surface area contributed by atoms with E-state index in [-0.39, 0.29) is 23.1 Å². The number of carbonyl (C=O) groups excluding carboxylic acids is 1. The van der Waals surface area contributed by atoms with E-state index in [4.69, 9.17) is 4.42 Å². The molecule has 0 radical (unpaired) electrons. The average molecular weight is 325 g/mol. The molecule has 1 aliphatic rings. The van der Waals surface area contributed by atoms with Gasteiger partial charge < -0.3 is 9.15 Å². The van der Waals surface area contributed by atoms with Gasteiger partial charge >= 0.3 is 5.97 Å². The van der Waals surface area contributed by atoms with Crippen LogP contribution in [-0.4, -0.2) is 28.0 Å². The van der Waals surface area contributed by atoms with E-state index in [9.17, 15) is 17.6 Å². The molecule has 3 rings (SSSR count). The van der Waals surface area contributed by atoms with Gasteiger partial charge in [0.25, 0.3) is 10.0 Å². The third-order valence-electron chi connectivity index (χ3n) is 3.41. The number of hydrogen-bond acceptors (Lipinski definition) is 5. The molecule has 0 spiro atoms. The zero-order valence-electron chi connectivity index (χ0n) is 11.6. The lowest BCUT2D eigenvalue weighted by Gasteiger charge is -2.17. The first-order valence-corrected chi connectivity index (χ1v) is 7.87. The molecule has 0 aliphatic carbocycles. The van der Waals surface area contributed by atoms with Crippen LogP contribution in [0.2, 0.25) is 0 Å². The summed E-state index contributed by atoms with van der Waals surface area (Å²) in [6.45, 7) is 0.190. The maximum absolute atomic E-state index is 13.4. The highest BCUT2D eigenvalue weighted by Crippen LogP contribution is 2.33. The molecule has 0 saturated heterocycles. The van der Waals surface area contributed by atoms with E-state index in [1.807, 2.05) is 0 Å². The Bertz CT molecular complexity index is 843. The van der Waals surface area contributed by atoms with E-state index < -0.39 is 21.8 Å². The standard InChI is InChI=1S/C14H12FNO5S/c1-20-14(17)12-4-5-13(21-12)22(18,19)16-7-6-9-2-3-10(15)8-11(9)16/h2-5,8H,6-7H2,1H3. The van der Waals surface area contributed by atoms with Gasteiger partial charge in [-0.2, -0.15) is 8.42 Å². The van der Waals surface area contributed by atoms with Crippen LogP contribution >= 0.6 is 0 Å². The molecular formula is C14H12FNO5S. The van der Waals surface area contributed by atoms with Crippen molar-refractivity contribution in [3.63, 3.8) is 0 Å². The molecule has 1 aromatic carbocycles. The summed E-state index contributed by atoms with van der Waals surface area (Å²) in [5, 5.41) is -0.384. The fourth-order valence-electron chi connectivity index (χ4n) is 2.35. The molecule has 0 atom stereocenters. The number of methoxy groups -OCH3 is 1. The zero-order chi connectivity index (χ0) is 15.9. The zero-order valence-corrected chi connectivity index (χ0v) is 12.4. The fraction of sp³-hybridized carbons (Fsp3) is 0.214. The number of nitrogens with zero attached hydrogens (tertiary/aromatic N) is 1. The van der Waals surface area contributed by atoms with Gasteiger partial charge in [0.15, 0.2) is 0 Å². The Labute approximate surface area is 126 Å². The quantitative estimate of drug-likeness (QED) is 0.806. The summed E-state index contributed by atoms with van der Waals surface area (Å²) in [6.07, 6.45) is 0.486. The second-order valence-electron chi connectivity index (χ2n) is 4.71. The van der Waals surface area contributed by atoms with Gasteiger partial charge in [0.05, 0.1) is 12.8 Å². The van der Waals surface area contributed by atoms with Gasteiger partial charge in [-0.05, 0) is 36.2 Å². The number of benzene rings is 1. The minimum Gasteiger partial charge on any atom is -0.463 e. The Balaban J connectivity index is 2.00. The number of sulfonamides is 1. The van der Waals surface area contributed by atoms with Crippen LogP contribution in [0.5, 0.6) is 0 Å². The van der Waals surface area contributed by atoms with E-state index in [1.165, 1.54) is 31.4 Å². The van der Waals surface area contributed by atoms with Gasteiger partial charge in [-0.25, -0.2) is 9.18 Å². The number of esters is 1. The number of ether oxygens (including phenoxy) is 1. The van der Waals surface area contributed by atoms with Gasteiger partial charge in [0, 0.05) is 6.54 Å². The second-order valence-corrected chi connectivity index (χ2v) is 6.50. The fourth-order valence-corrected chi connectivity index (χ4v) is 3.76. The molecule has 2 aromatic rings. The summed E-state index contributed by atoms with van der Waals surface area (Å²) in [7, 11) is -2.83. The van der Waals surface area contributed by atoms with Crippen molar-refractivity contribution < 1.29 is 26.8 Å². The SMILES string of the molecule is COC(=O)c1ccc(S(=O)(=O)N2CCc3ccc(F)cc32)o1. The van der Waals surface area contributed by atoms with Crippen LogP contribution in [0.25, 0.3) is 0 Å². The van der Waals surface area contributed by atoms with Crippen molar-refractivity contribution in [2.45, 2.75) is 11.5 Å². The molecule has 116 valence electrons. The van der Waals surface area contributed by atoms with Crippen molar-refractivity contribution in [1.82, 2.24) is 0 Å². The Kier molecular flexibility index (Phi) is 3.40. The van der Waals surface area contributed by atoms with Crippen molar-refractivity contribution in [2.24, 2.45) is 0 Å². The van der Waals surface area contributed by atoms with E-state index in [0.717, 1.165) is 9.87 Å². The average Bonchev–Trinajstić information content (AvgIpc) is 3.13. The van der Waals surface area contributed by atoms with E-state index in [2.05, 4.69) is 4.74 Å². The molecule has 0 fully saturated rings. The van der Waals surface area contributed by atoms with Crippen molar-refractivity contribution in [3.05, 3.63) is 47.5 Å². The van der Waals surface area contributed by atoms with Gasteiger partial charge in [-0.1, -0.05) is 6.07 Å². The summed E-state index contributed by atoms with van der Waals surface area (Å²) >= 11 is 0. The molecule has 1 aliphatic heterocycles. The Hall–Kier alpha value is -2.35. The minimum atomic E-state index is -4.00. The van der Waals surface area contributed by atoms with Crippen LogP contribution in [0, 0.1) is 5.82 Å². The first-order chi connectivity index (χ1) is 10.4. The third-order valence-corrected chi connectivity index (χ3v) is 5.10. The first-order valence-electron chi connectivity index (χ1n) is 6.43. The van der Waals surface area contributed by atoms with Crippen molar-refractivity contribution in [3.8, 4) is 0 Å². The molecular weight excluding hydrogens is 313 g/mol. The van der Waals surface area contributed by atoms with Crippen molar-refractivity contribution in [2.75, 3.05) is 18.0 Å². The second kappa shape index (κ2) is 5.13. The lowest BCUT2D eigenvalue weighted by molar-refractivity contribution is 0.0559. The van der Waals surface area contributed by atoms with Gasteiger partial charge in [0.2, 0.25) is 10.9 Å². The molecule has 0 unspecified atom stereocenters.